The van der Waals surface area contributed by atoms with Gasteiger partial charge in [-0.3, -0.25) is 0 Å². The third-order valence-electron chi connectivity index (χ3n) is 4.81. The Labute approximate surface area is 117 Å². The Balaban J connectivity index is 2.31. The van der Waals surface area contributed by atoms with E-state index < -0.39 is 6.10 Å². The van der Waals surface area contributed by atoms with E-state index in [9.17, 15) is 5.11 Å². The van der Waals surface area contributed by atoms with Crippen LogP contribution in [0, 0.1) is 19.3 Å². The Morgan fingerprint density at radius 2 is 1.79 bits per heavy atom. The molecule has 1 atom stereocenters. The predicted molar refractivity (Wildman–Crippen MR) is 80.1 cm³/mol. The first-order valence-electron chi connectivity index (χ1n) is 7.54. The summed E-state index contributed by atoms with van der Waals surface area (Å²) in [5.41, 5.74) is 9.45. The smallest absolute Gasteiger partial charge is 0.0860 e. The number of aliphatic hydroxyl groups excluding tert-OH is 1. The van der Waals surface area contributed by atoms with Crippen molar-refractivity contribution in [3.63, 3.8) is 0 Å². The van der Waals surface area contributed by atoms with Crippen LogP contribution in [0.2, 0.25) is 0 Å². The standard InChI is InChI=1S/C17H27NO/c1-13-7-8-15(14(2)11-13)16(19)17(12-18)9-5-3-4-6-10-17/h7-8,11,16,19H,3-6,9-10,12,18H2,1-2H3. The van der Waals surface area contributed by atoms with E-state index in [-0.39, 0.29) is 5.41 Å². The SMILES string of the molecule is Cc1ccc(C(O)C2(CN)CCCCCC2)c(C)c1. The van der Waals surface area contributed by atoms with E-state index in [0.29, 0.717) is 6.54 Å². The summed E-state index contributed by atoms with van der Waals surface area (Å²) < 4.78 is 0. The molecule has 0 spiro atoms. The fourth-order valence-electron chi connectivity index (χ4n) is 3.48. The molecule has 1 aliphatic rings. The average molecular weight is 261 g/mol. The van der Waals surface area contributed by atoms with Crippen LogP contribution in [0.4, 0.5) is 0 Å². The van der Waals surface area contributed by atoms with Crippen molar-refractivity contribution in [2.24, 2.45) is 11.1 Å². The lowest BCUT2D eigenvalue weighted by molar-refractivity contribution is 0.0162. The molecular formula is C17H27NO. The summed E-state index contributed by atoms with van der Waals surface area (Å²) in [6.45, 7) is 4.77. The first-order valence-corrected chi connectivity index (χ1v) is 7.54. The first-order chi connectivity index (χ1) is 9.09. The number of hydrogen-bond acceptors (Lipinski definition) is 2. The van der Waals surface area contributed by atoms with Gasteiger partial charge in [0.1, 0.15) is 0 Å². The molecule has 1 unspecified atom stereocenters. The van der Waals surface area contributed by atoms with Crippen molar-refractivity contribution in [2.45, 2.75) is 58.5 Å². The number of rotatable bonds is 3. The van der Waals surface area contributed by atoms with E-state index in [4.69, 9.17) is 5.73 Å². The van der Waals surface area contributed by atoms with E-state index in [1.165, 1.54) is 36.8 Å². The topological polar surface area (TPSA) is 46.2 Å². The molecule has 1 fully saturated rings. The highest BCUT2D eigenvalue weighted by Crippen LogP contribution is 2.45. The molecule has 0 amide bonds. The summed E-state index contributed by atoms with van der Waals surface area (Å²) in [6.07, 6.45) is 6.63. The van der Waals surface area contributed by atoms with Gasteiger partial charge < -0.3 is 10.8 Å². The average Bonchev–Trinajstić information content (AvgIpc) is 2.64. The van der Waals surface area contributed by atoms with Crippen molar-refractivity contribution < 1.29 is 5.11 Å². The number of benzene rings is 1. The minimum absolute atomic E-state index is 0.115. The van der Waals surface area contributed by atoms with Crippen molar-refractivity contribution in [3.05, 3.63) is 34.9 Å². The van der Waals surface area contributed by atoms with Gasteiger partial charge >= 0.3 is 0 Å². The quantitative estimate of drug-likeness (QED) is 0.816. The maximum absolute atomic E-state index is 10.9. The van der Waals surface area contributed by atoms with Crippen LogP contribution >= 0.6 is 0 Å². The van der Waals surface area contributed by atoms with Gasteiger partial charge in [-0.05, 0) is 37.8 Å². The Morgan fingerprint density at radius 3 is 2.32 bits per heavy atom. The molecule has 1 saturated carbocycles. The van der Waals surface area contributed by atoms with Crippen LogP contribution < -0.4 is 5.73 Å². The zero-order valence-corrected chi connectivity index (χ0v) is 12.3. The van der Waals surface area contributed by atoms with Crippen molar-refractivity contribution >= 4 is 0 Å². The van der Waals surface area contributed by atoms with Crippen LogP contribution in [0.25, 0.3) is 0 Å². The second-order valence-corrected chi connectivity index (χ2v) is 6.24. The molecule has 2 rings (SSSR count). The van der Waals surface area contributed by atoms with E-state index in [1.54, 1.807) is 0 Å². The molecule has 19 heavy (non-hydrogen) atoms. The minimum atomic E-state index is -0.420. The maximum Gasteiger partial charge on any atom is 0.0860 e. The zero-order chi connectivity index (χ0) is 13.9. The van der Waals surface area contributed by atoms with Crippen molar-refractivity contribution in [2.75, 3.05) is 6.54 Å². The van der Waals surface area contributed by atoms with Crippen LogP contribution in [-0.2, 0) is 0 Å². The number of nitrogens with two attached hydrogens (primary N) is 1. The first kappa shape index (κ1) is 14.5. The van der Waals surface area contributed by atoms with Gasteiger partial charge in [0.15, 0.2) is 0 Å². The third-order valence-corrected chi connectivity index (χ3v) is 4.81. The lowest BCUT2D eigenvalue weighted by Gasteiger charge is -2.37. The van der Waals surface area contributed by atoms with Gasteiger partial charge in [0.05, 0.1) is 6.10 Å². The zero-order valence-electron chi connectivity index (χ0n) is 12.3. The molecular weight excluding hydrogens is 234 g/mol. The fraction of sp³-hybridized carbons (Fsp3) is 0.647. The van der Waals surface area contributed by atoms with Crippen molar-refractivity contribution in [1.29, 1.82) is 0 Å². The van der Waals surface area contributed by atoms with E-state index >= 15 is 0 Å². The number of aliphatic hydroxyl groups is 1. The second-order valence-electron chi connectivity index (χ2n) is 6.24. The molecule has 0 radical (unpaired) electrons. The molecule has 0 aliphatic heterocycles. The molecule has 2 nitrogen and oxygen atoms in total. The predicted octanol–water partition coefficient (Wildman–Crippen LogP) is 3.64. The van der Waals surface area contributed by atoms with Gasteiger partial charge in [0.25, 0.3) is 0 Å². The second kappa shape index (κ2) is 6.06. The van der Waals surface area contributed by atoms with Gasteiger partial charge in [0, 0.05) is 12.0 Å². The molecule has 0 bridgehead atoms. The van der Waals surface area contributed by atoms with E-state index in [2.05, 4.69) is 32.0 Å². The molecule has 3 N–H and O–H groups in total. The molecule has 0 saturated heterocycles. The molecule has 1 aliphatic carbocycles. The van der Waals surface area contributed by atoms with Crippen molar-refractivity contribution in [1.82, 2.24) is 0 Å². The maximum atomic E-state index is 10.9. The summed E-state index contributed by atoms with van der Waals surface area (Å²) >= 11 is 0. The summed E-state index contributed by atoms with van der Waals surface area (Å²) in [5.74, 6) is 0. The molecule has 0 heterocycles. The minimum Gasteiger partial charge on any atom is -0.388 e. The Morgan fingerprint density at radius 1 is 1.16 bits per heavy atom. The van der Waals surface area contributed by atoms with E-state index in [1.807, 2.05) is 0 Å². The summed E-state index contributed by atoms with van der Waals surface area (Å²) in [5, 5.41) is 10.9. The highest BCUT2D eigenvalue weighted by molar-refractivity contribution is 5.33. The largest absolute Gasteiger partial charge is 0.388 e. The van der Waals surface area contributed by atoms with Crippen LogP contribution in [0.5, 0.6) is 0 Å². The number of aryl methyl sites for hydroxylation is 2. The fourth-order valence-corrected chi connectivity index (χ4v) is 3.48. The van der Waals surface area contributed by atoms with Gasteiger partial charge in [-0.1, -0.05) is 49.4 Å². The lowest BCUT2D eigenvalue weighted by atomic mass is 9.72. The Kier molecular flexibility index (Phi) is 4.64. The van der Waals surface area contributed by atoms with Crippen LogP contribution in [0.15, 0.2) is 18.2 Å². The molecule has 2 heteroatoms. The monoisotopic (exact) mass is 261 g/mol. The summed E-state index contributed by atoms with van der Waals surface area (Å²) in [6, 6.07) is 6.32. The molecule has 1 aromatic rings. The Bertz CT molecular complexity index is 419. The van der Waals surface area contributed by atoms with Gasteiger partial charge in [-0.15, -0.1) is 0 Å². The van der Waals surface area contributed by atoms with Gasteiger partial charge in [0.2, 0.25) is 0 Å². The molecule has 1 aromatic carbocycles. The third kappa shape index (κ3) is 3.01. The van der Waals surface area contributed by atoms with Crippen molar-refractivity contribution in [3.8, 4) is 0 Å². The summed E-state index contributed by atoms with van der Waals surface area (Å²) in [4.78, 5) is 0. The highest BCUT2D eigenvalue weighted by Gasteiger charge is 2.38. The highest BCUT2D eigenvalue weighted by atomic mass is 16.3. The lowest BCUT2D eigenvalue weighted by Crippen LogP contribution is -2.36. The Hall–Kier alpha value is -0.860. The van der Waals surface area contributed by atoms with Crippen LogP contribution in [0.1, 0.15) is 61.3 Å². The normalized spacial score (nSPS) is 20.8. The summed E-state index contributed by atoms with van der Waals surface area (Å²) in [7, 11) is 0. The van der Waals surface area contributed by atoms with Gasteiger partial charge in [-0.2, -0.15) is 0 Å². The number of hydrogen-bond donors (Lipinski definition) is 2. The molecule has 0 aromatic heterocycles. The van der Waals surface area contributed by atoms with Gasteiger partial charge in [-0.25, -0.2) is 0 Å². The van der Waals surface area contributed by atoms with E-state index in [0.717, 1.165) is 18.4 Å². The van der Waals surface area contributed by atoms with Crippen LogP contribution in [0.3, 0.4) is 0 Å². The van der Waals surface area contributed by atoms with Crippen LogP contribution in [-0.4, -0.2) is 11.7 Å². The molecule has 106 valence electrons.